The zero-order valence-corrected chi connectivity index (χ0v) is 30.5. The molecule has 0 aliphatic carbocycles. The van der Waals surface area contributed by atoms with Crippen LogP contribution in [-0.2, 0) is 16.5 Å². The number of hydrogen-bond acceptors (Lipinski definition) is 12. The molecule has 0 radical (unpaired) electrons. The molecule has 6 aromatic rings. The maximum absolute atomic E-state index is 12.0. The third-order valence-electron chi connectivity index (χ3n) is 6.98. The Hall–Kier alpha value is -6.29. The van der Waals surface area contributed by atoms with E-state index in [1.54, 1.807) is 13.8 Å². The van der Waals surface area contributed by atoms with Crippen LogP contribution in [0.15, 0.2) is 118 Å². The van der Waals surface area contributed by atoms with Gasteiger partial charge in [-0.2, -0.15) is 10.2 Å². The number of rotatable bonds is 8. The first-order valence-electron chi connectivity index (χ1n) is 15.3. The number of thiazole rings is 2. The first-order valence-corrected chi connectivity index (χ1v) is 17.1. The van der Waals surface area contributed by atoms with E-state index >= 15 is 0 Å². The SMILES string of the molecule is C/C(=N/NC(=O)Nc1nc(-c2ccccc2)cs1)c1ccc(O)cc1O.C/C(=N/NC(=O)Nc1nc(-c2ccccc2)cs1)c1ccc(O)cc1O.[Ni]. The van der Waals surface area contributed by atoms with E-state index in [1.807, 2.05) is 71.4 Å². The van der Waals surface area contributed by atoms with Crippen molar-refractivity contribution in [1.82, 2.24) is 20.8 Å². The first kappa shape index (κ1) is 39.5. The van der Waals surface area contributed by atoms with Gasteiger partial charge in [-0.3, -0.25) is 10.6 Å². The van der Waals surface area contributed by atoms with Crippen LogP contribution in [0.1, 0.15) is 25.0 Å². The summed E-state index contributed by atoms with van der Waals surface area (Å²) in [7, 11) is 0. The average molecular weight is 796 g/mol. The van der Waals surface area contributed by atoms with Gasteiger partial charge in [0.2, 0.25) is 0 Å². The third kappa shape index (κ3) is 11.4. The smallest absolute Gasteiger partial charge is 0.341 e. The largest absolute Gasteiger partial charge is 0.508 e. The van der Waals surface area contributed by atoms with Gasteiger partial charge in [-0.25, -0.2) is 30.4 Å². The number of nitrogens with one attached hydrogen (secondary N) is 4. The van der Waals surface area contributed by atoms with Crippen LogP contribution >= 0.6 is 22.7 Å². The van der Waals surface area contributed by atoms with Crippen LogP contribution in [0.25, 0.3) is 22.5 Å². The maximum Gasteiger partial charge on any atom is 0.341 e. The number of hydrazone groups is 2. The molecule has 53 heavy (non-hydrogen) atoms. The molecule has 0 spiro atoms. The fourth-order valence-corrected chi connectivity index (χ4v) is 5.87. The Kier molecular flexibility index (Phi) is 14.0. The molecule has 0 atom stereocenters. The van der Waals surface area contributed by atoms with Crippen LogP contribution in [0.4, 0.5) is 19.9 Å². The standard InChI is InChI=1S/2C18H16N4O3S.Ni/c2*1-11(14-8-7-13(23)9-16(14)24)21-22-17(25)20-18-19-15(10-26-18)12-5-3-2-4-6-12;/h2*2-10,23-24H,1H3,(H2,19,20,22,25);/b2*21-11-;. The van der Waals surface area contributed by atoms with E-state index in [1.165, 1.54) is 59.1 Å². The molecule has 0 saturated carbocycles. The fraction of sp³-hybridized carbons (Fsp3) is 0.0556. The number of benzene rings is 4. The molecule has 2 heterocycles. The number of amides is 4. The molecule has 8 N–H and O–H groups in total. The van der Waals surface area contributed by atoms with E-state index in [-0.39, 0.29) is 39.5 Å². The Morgan fingerprint density at radius 2 is 0.962 bits per heavy atom. The molecule has 0 saturated heterocycles. The predicted octanol–water partition coefficient (Wildman–Crippen LogP) is 7.53. The van der Waals surface area contributed by atoms with Crippen LogP contribution in [0.2, 0.25) is 0 Å². The van der Waals surface area contributed by atoms with Gasteiger partial charge in [0.15, 0.2) is 10.3 Å². The number of anilines is 2. The minimum absolute atomic E-state index is 0. The zero-order valence-electron chi connectivity index (χ0n) is 27.9. The van der Waals surface area contributed by atoms with Gasteiger partial charge in [-0.15, -0.1) is 22.7 Å². The minimum atomic E-state index is -0.545. The number of nitrogens with zero attached hydrogens (tertiary/aromatic N) is 4. The second-order valence-corrected chi connectivity index (χ2v) is 12.5. The summed E-state index contributed by atoms with van der Waals surface area (Å²) in [4.78, 5) is 32.7. The molecule has 17 heteroatoms. The van der Waals surface area contributed by atoms with Crippen LogP contribution in [-0.4, -0.2) is 53.9 Å². The number of phenols is 4. The molecule has 0 aliphatic heterocycles. The summed E-state index contributed by atoms with van der Waals surface area (Å²) in [6, 6.07) is 26.5. The number of carbonyl (C=O) groups is 2. The number of phenolic OH excluding ortho intramolecular Hbond substituents is 4. The van der Waals surface area contributed by atoms with Crippen LogP contribution in [0.5, 0.6) is 23.0 Å². The Morgan fingerprint density at radius 1 is 0.585 bits per heavy atom. The maximum atomic E-state index is 12.0. The molecular formula is C36H32N8NiO6S2. The van der Waals surface area contributed by atoms with Crippen molar-refractivity contribution in [3.63, 3.8) is 0 Å². The average Bonchev–Trinajstić information content (AvgIpc) is 3.81. The molecule has 0 bridgehead atoms. The molecule has 0 aliphatic rings. The normalized spacial score (nSPS) is 11.0. The molecule has 274 valence electrons. The van der Waals surface area contributed by atoms with Crippen molar-refractivity contribution in [2.24, 2.45) is 10.2 Å². The van der Waals surface area contributed by atoms with Gasteiger partial charge >= 0.3 is 12.1 Å². The summed E-state index contributed by atoms with van der Waals surface area (Å²) in [5.74, 6) is -0.354. The number of aromatic hydroxyl groups is 4. The van der Waals surface area contributed by atoms with Crippen molar-refractivity contribution >= 4 is 56.4 Å². The molecular weight excluding hydrogens is 763 g/mol. The van der Waals surface area contributed by atoms with Gasteiger partial charge in [0.25, 0.3) is 0 Å². The summed E-state index contributed by atoms with van der Waals surface area (Å²) in [6.45, 7) is 3.26. The number of aromatic nitrogens is 2. The minimum Gasteiger partial charge on any atom is -0.508 e. The Bertz CT molecular complexity index is 2070. The number of hydrogen-bond donors (Lipinski definition) is 8. The molecule has 0 fully saturated rings. The van der Waals surface area contributed by atoms with Crippen molar-refractivity contribution in [1.29, 1.82) is 0 Å². The first-order chi connectivity index (χ1) is 25.0. The number of carbonyl (C=O) groups excluding carboxylic acids is 2. The van der Waals surface area contributed by atoms with E-state index in [9.17, 15) is 30.0 Å². The van der Waals surface area contributed by atoms with Gasteiger partial charge in [0.1, 0.15) is 23.0 Å². The summed E-state index contributed by atoms with van der Waals surface area (Å²) in [5.41, 5.74) is 9.78. The molecule has 14 nitrogen and oxygen atoms in total. The third-order valence-corrected chi connectivity index (χ3v) is 8.50. The quantitative estimate of drug-likeness (QED) is 0.0437. The summed E-state index contributed by atoms with van der Waals surface area (Å²) < 4.78 is 0. The van der Waals surface area contributed by atoms with Crippen LogP contribution in [0.3, 0.4) is 0 Å². The molecule has 0 unspecified atom stereocenters. The van der Waals surface area contributed by atoms with Crippen LogP contribution in [0, 0.1) is 0 Å². The number of urea groups is 2. The van der Waals surface area contributed by atoms with Crippen molar-refractivity contribution in [2.45, 2.75) is 13.8 Å². The van der Waals surface area contributed by atoms with Gasteiger partial charge in [-0.05, 0) is 38.1 Å². The molecule has 2 aromatic heterocycles. The van der Waals surface area contributed by atoms with E-state index in [4.69, 9.17) is 0 Å². The van der Waals surface area contributed by atoms with E-state index in [0.29, 0.717) is 32.8 Å². The Labute approximate surface area is 321 Å². The molecule has 4 aromatic carbocycles. The van der Waals surface area contributed by atoms with Gasteiger partial charge in [0, 0.05) is 61.6 Å². The van der Waals surface area contributed by atoms with Crippen molar-refractivity contribution in [2.75, 3.05) is 10.6 Å². The van der Waals surface area contributed by atoms with Gasteiger partial charge in [0.05, 0.1) is 22.8 Å². The topological polar surface area (TPSA) is 214 Å². The van der Waals surface area contributed by atoms with Crippen molar-refractivity contribution in [3.05, 3.63) is 119 Å². The summed E-state index contributed by atoms with van der Waals surface area (Å²) >= 11 is 2.62. The monoisotopic (exact) mass is 794 g/mol. The van der Waals surface area contributed by atoms with Gasteiger partial charge < -0.3 is 20.4 Å². The summed E-state index contributed by atoms with van der Waals surface area (Å²) in [5, 5.41) is 55.9. The zero-order chi connectivity index (χ0) is 37.0. The van der Waals surface area contributed by atoms with E-state index in [0.717, 1.165) is 22.5 Å². The summed E-state index contributed by atoms with van der Waals surface area (Å²) in [6.07, 6.45) is 0. The predicted molar refractivity (Wildman–Crippen MR) is 203 cm³/mol. The van der Waals surface area contributed by atoms with E-state index < -0.39 is 12.1 Å². The van der Waals surface area contributed by atoms with E-state index in [2.05, 4.69) is 41.7 Å². The van der Waals surface area contributed by atoms with Crippen LogP contribution < -0.4 is 21.5 Å². The molecule has 4 amide bonds. The Balaban J connectivity index is 0.000000232. The second-order valence-electron chi connectivity index (χ2n) is 10.7. The van der Waals surface area contributed by atoms with Crippen molar-refractivity contribution in [3.8, 4) is 45.5 Å². The van der Waals surface area contributed by atoms with Gasteiger partial charge in [-0.1, -0.05) is 60.7 Å². The Morgan fingerprint density at radius 3 is 1.32 bits per heavy atom. The second kappa shape index (κ2) is 18.8. The molecule has 6 rings (SSSR count). The van der Waals surface area contributed by atoms with Crippen molar-refractivity contribution < 1.29 is 46.5 Å². The fourth-order valence-electron chi connectivity index (χ4n) is 4.44.